The van der Waals surface area contributed by atoms with Gasteiger partial charge in [-0.2, -0.15) is 0 Å². The molecule has 1 fully saturated rings. The van der Waals surface area contributed by atoms with E-state index >= 15 is 0 Å². The van der Waals surface area contributed by atoms with Gasteiger partial charge >= 0.3 is 0 Å². The number of aliphatic hydroxyl groups is 1. The first-order valence-electron chi connectivity index (χ1n) is 6.44. The summed E-state index contributed by atoms with van der Waals surface area (Å²) in [4.78, 5) is 17.9. The van der Waals surface area contributed by atoms with Crippen molar-refractivity contribution in [1.29, 1.82) is 0 Å². The van der Waals surface area contributed by atoms with Crippen molar-refractivity contribution in [2.24, 2.45) is 0 Å². The second-order valence-electron chi connectivity index (χ2n) is 4.87. The number of carbonyl (C=O) groups is 1. The number of anilines is 1. The zero-order chi connectivity index (χ0) is 15.0. The minimum Gasteiger partial charge on any atom is -0.383 e. The standard InChI is InChI=1S/C15H12Cl2N2O2/c16-10-3-1-2-9(6-10)12-7-13(20)15(21)19(12)14-5-4-11(17)8-18-14/h1-6,8,12-13,20H,7H2/t12-,13+/m0/s1. The summed E-state index contributed by atoms with van der Waals surface area (Å²) in [7, 11) is 0. The lowest BCUT2D eigenvalue weighted by atomic mass is 10.0. The summed E-state index contributed by atoms with van der Waals surface area (Å²) < 4.78 is 0. The number of carbonyl (C=O) groups excluding carboxylic acids is 1. The molecule has 1 N–H and O–H groups in total. The van der Waals surface area contributed by atoms with Crippen molar-refractivity contribution in [3.8, 4) is 0 Å². The summed E-state index contributed by atoms with van der Waals surface area (Å²) in [5.74, 6) is 0.0979. The molecule has 1 amide bonds. The number of halogens is 2. The summed E-state index contributed by atoms with van der Waals surface area (Å²) in [5, 5.41) is 11.0. The molecule has 1 saturated heterocycles. The van der Waals surface area contributed by atoms with Gasteiger partial charge in [-0.1, -0.05) is 35.3 Å². The van der Waals surface area contributed by atoms with Crippen LogP contribution in [0.5, 0.6) is 0 Å². The van der Waals surface area contributed by atoms with Crippen LogP contribution in [-0.2, 0) is 4.79 Å². The van der Waals surface area contributed by atoms with Crippen molar-refractivity contribution >= 4 is 34.9 Å². The molecular formula is C15H12Cl2N2O2. The molecule has 1 aromatic heterocycles. The Balaban J connectivity index is 2.02. The molecule has 6 heteroatoms. The lowest BCUT2D eigenvalue weighted by Crippen LogP contribution is -2.31. The van der Waals surface area contributed by atoms with Gasteiger partial charge in [0.2, 0.25) is 0 Å². The van der Waals surface area contributed by atoms with Crippen molar-refractivity contribution in [2.75, 3.05) is 4.90 Å². The van der Waals surface area contributed by atoms with Crippen LogP contribution < -0.4 is 4.90 Å². The van der Waals surface area contributed by atoms with Gasteiger partial charge < -0.3 is 5.11 Å². The first kappa shape index (κ1) is 14.3. The molecule has 2 atom stereocenters. The molecule has 0 radical (unpaired) electrons. The van der Waals surface area contributed by atoms with Gasteiger partial charge in [-0.3, -0.25) is 9.69 Å². The maximum absolute atomic E-state index is 12.2. The predicted molar refractivity (Wildman–Crippen MR) is 81.5 cm³/mol. The Morgan fingerprint density at radius 3 is 2.67 bits per heavy atom. The number of rotatable bonds is 2. The van der Waals surface area contributed by atoms with Gasteiger partial charge in [-0.05, 0) is 29.8 Å². The van der Waals surface area contributed by atoms with E-state index in [1.54, 1.807) is 24.3 Å². The van der Waals surface area contributed by atoms with Crippen molar-refractivity contribution < 1.29 is 9.90 Å². The summed E-state index contributed by atoms with van der Waals surface area (Å²) in [6.45, 7) is 0. The van der Waals surface area contributed by atoms with Crippen molar-refractivity contribution in [2.45, 2.75) is 18.6 Å². The lowest BCUT2D eigenvalue weighted by Gasteiger charge is -2.24. The highest BCUT2D eigenvalue weighted by atomic mass is 35.5. The Hall–Kier alpha value is -1.62. The Bertz CT molecular complexity index is 676. The average molecular weight is 323 g/mol. The quantitative estimate of drug-likeness (QED) is 0.923. The number of hydrogen-bond acceptors (Lipinski definition) is 3. The molecule has 2 aromatic rings. The summed E-state index contributed by atoms with van der Waals surface area (Å²) >= 11 is 11.8. The number of pyridine rings is 1. The smallest absolute Gasteiger partial charge is 0.257 e. The SMILES string of the molecule is O=C1[C@H](O)C[C@@H](c2cccc(Cl)c2)N1c1ccc(Cl)cn1. The van der Waals surface area contributed by atoms with Crippen LogP contribution in [0.15, 0.2) is 42.6 Å². The molecule has 108 valence electrons. The number of nitrogens with zero attached hydrogens (tertiary/aromatic N) is 2. The Kier molecular flexibility index (Phi) is 3.85. The molecule has 0 saturated carbocycles. The molecule has 1 aromatic carbocycles. The Morgan fingerprint density at radius 2 is 2.00 bits per heavy atom. The first-order valence-corrected chi connectivity index (χ1v) is 7.20. The second-order valence-corrected chi connectivity index (χ2v) is 5.74. The Morgan fingerprint density at radius 1 is 1.19 bits per heavy atom. The van der Waals surface area contributed by atoms with Crippen LogP contribution in [0.4, 0.5) is 5.82 Å². The number of aliphatic hydroxyl groups excluding tert-OH is 1. The fourth-order valence-electron chi connectivity index (χ4n) is 2.51. The molecule has 3 rings (SSSR count). The van der Waals surface area contributed by atoms with E-state index in [1.165, 1.54) is 11.1 Å². The third kappa shape index (κ3) is 2.75. The topological polar surface area (TPSA) is 53.4 Å². The fraction of sp³-hybridized carbons (Fsp3) is 0.200. The molecule has 21 heavy (non-hydrogen) atoms. The molecular weight excluding hydrogens is 311 g/mol. The van der Waals surface area contributed by atoms with E-state index in [-0.39, 0.29) is 11.9 Å². The van der Waals surface area contributed by atoms with Crippen LogP contribution in [0.1, 0.15) is 18.0 Å². The molecule has 1 aliphatic heterocycles. The van der Waals surface area contributed by atoms with Crippen LogP contribution in [0.2, 0.25) is 10.0 Å². The Labute approximate surface area is 131 Å². The van der Waals surface area contributed by atoms with Crippen molar-refractivity contribution in [3.05, 3.63) is 58.2 Å². The largest absolute Gasteiger partial charge is 0.383 e. The van der Waals surface area contributed by atoms with E-state index in [2.05, 4.69) is 4.98 Å². The van der Waals surface area contributed by atoms with Gasteiger partial charge in [0.25, 0.3) is 5.91 Å². The maximum atomic E-state index is 12.2. The number of benzene rings is 1. The lowest BCUT2D eigenvalue weighted by molar-refractivity contribution is -0.124. The highest BCUT2D eigenvalue weighted by Gasteiger charge is 2.40. The van der Waals surface area contributed by atoms with Gasteiger partial charge in [0, 0.05) is 17.6 Å². The normalized spacial score (nSPS) is 21.9. The highest BCUT2D eigenvalue weighted by Crippen LogP contribution is 2.37. The van der Waals surface area contributed by atoms with Gasteiger partial charge in [0.05, 0.1) is 11.1 Å². The first-order chi connectivity index (χ1) is 10.1. The van der Waals surface area contributed by atoms with E-state index in [0.29, 0.717) is 22.3 Å². The number of aromatic nitrogens is 1. The molecule has 4 nitrogen and oxygen atoms in total. The van der Waals surface area contributed by atoms with E-state index < -0.39 is 6.10 Å². The molecule has 0 aliphatic carbocycles. The third-order valence-electron chi connectivity index (χ3n) is 3.47. The average Bonchev–Trinajstić information content (AvgIpc) is 2.76. The summed E-state index contributed by atoms with van der Waals surface area (Å²) in [6, 6.07) is 10.3. The second kappa shape index (κ2) is 5.64. The maximum Gasteiger partial charge on any atom is 0.257 e. The third-order valence-corrected chi connectivity index (χ3v) is 3.93. The number of hydrogen-bond donors (Lipinski definition) is 1. The van der Waals surface area contributed by atoms with E-state index in [9.17, 15) is 9.90 Å². The molecule has 1 aliphatic rings. The molecule has 0 spiro atoms. The summed E-state index contributed by atoms with van der Waals surface area (Å²) in [5.41, 5.74) is 0.865. The van der Waals surface area contributed by atoms with E-state index in [1.807, 2.05) is 12.1 Å². The minimum absolute atomic E-state index is 0.292. The van der Waals surface area contributed by atoms with Crippen molar-refractivity contribution in [3.63, 3.8) is 0 Å². The predicted octanol–water partition coefficient (Wildman–Crippen LogP) is 3.23. The van der Waals surface area contributed by atoms with Gasteiger partial charge in [0.1, 0.15) is 11.9 Å². The molecule has 0 bridgehead atoms. The van der Waals surface area contributed by atoms with Crippen LogP contribution in [0, 0.1) is 0 Å². The monoisotopic (exact) mass is 322 g/mol. The zero-order valence-electron chi connectivity index (χ0n) is 10.9. The van der Waals surface area contributed by atoms with E-state index in [4.69, 9.17) is 23.2 Å². The fourth-order valence-corrected chi connectivity index (χ4v) is 2.82. The van der Waals surface area contributed by atoms with Gasteiger partial charge in [-0.25, -0.2) is 4.98 Å². The highest BCUT2D eigenvalue weighted by molar-refractivity contribution is 6.30. The number of amides is 1. The molecule has 0 unspecified atom stereocenters. The van der Waals surface area contributed by atoms with Crippen molar-refractivity contribution in [1.82, 2.24) is 4.98 Å². The van der Waals surface area contributed by atoms with Crippen LogP contribution in [0.25, 0.3) is 0 Å². The minimum atomic E-state index is -1.04. The van der Waals surface area contributed by atoms with E-state index in [0.717, 1.165) is 5.56 Å². The zero-order valence-corrected chi connectivity index (χ0v) is 12.4. The van der Waals surface area contributed by atoms with Gasteiger partial charge in [-0.15, -0.1) is 0 Å². The van der Waals surface area contributed by atoms with Crippen LogP contribution in [-0.4, -0.2) is 22.1 Å². The molecule has 2 heterocycles. The van der Waals surface area contributed by atoms with Crippen LogP contribution >= 0.6 is 23.2 Å². The van der Waals surface area contributed by atoms with Crippen LogP contribution in [0.3, 0.4) is 0 Å². The van der Waals surface area contributed by atoms with Gasteiger partial charge in [0.15, 0.2) is 0 Å². The summed E-state index contributed by atoms with van der Waals surface area (Å²) in [6.07, 6.45) is 0.749.